The van der Waals surface area contributed by atoms with Crippen molar-refractivity contribution in [1.82, 2.24) is 20.1 Å². The summed E-state index contributed by atoms with van der Waals surface area (Å²) >= 11 is 7.48. The standard InChI is InChI=1S/C22H18FN5O3S3/c1-28-17(18(30)24-11-13-5-3-2-4-6-13)20(34-22(28)32)25-16(29)12-33-21-27-26-19(31-21)14-7-9-15(23)10-8-14/h2-10H,11-12H2,1H3,(H,24,30)(H,25,29). The highest BCUT2D eigenvalue weighted by atomic mass is 32.2. The van der Waals surface area contributed by atoms with Crippen LogP contribution < -0.4 is 10.6 Å². The minimum absolute atomic E-state index is 0.0233. The molecule has 4 aromatic rings. The molecule has 0 atom stereocenters. The molecule has 12 heteroatoms. The lowest BCUT2D eigenvalue weighted by Crippen LogP contribution is -2.26. The number of thioether (sulfide) groups is 1. The average Bonchev–Trinajstić information content (AvgIpc) is 3.42. The average molecular weight is 516 g/mol. The largest absolute Gasteiger partial charge is 0.411 e. The quantitative estimate of drug-likeness (QED) is 0.260. The summed E-state index contributed by atoms with van der Waals surface area (Å²) in [5.41, 5.74) is 1.80. The van der Waals surface area contributed by atoms with E-state index in [9.17, 15) is 14.0 Å². The van der Waals surface area contributed by atoms with Crippen LogP contribution in [0, 0.1) is 9.77 Å². The Morgan fingerprint density at radius 2 is 1.88 bits per heavy atom. The van der Waals surface area contributed by atoms with Crippen LogP contribution in [0.15, 0.2) is 64.2 Å². The predicted molar refractivity (Wildman–Crippen MR) is 131 cm³/mol. The molecular weight excluding hydrogens is 497 g/mol. The van der Waals surface area contributed by atoms with E-state index in [0.717, 1.165) is 28.7 Å². The molecule has 0 bridgehead atoms. The maximum absolute atomic E-state index is 13.1. The Morgan fingerprint density at radius 1 is 1.15 bits per heavy atom. The number of aromatic nitrogens is 3. The van der Waals surface area contributed by atoms with E-state index in [1.807, 2.05) is 30.3 Å². The number of carbonyl (C=O) groups excluding carboxylic acids is 2. The zero-order valence-corrected chi connectivity index (χ0v) is 20.2. The van der Waals surface area contributed by atoms with Gasteiger partial charge in [0, 0.05) is 19.2 Å². The van der Waals surface area contributed by atoms with Crippen molar-refractivity contribution in [2.75, 3.05) is 11.1 Å². The fourth-order valence-corrected chi connectivity index (χ4v) is 4.72. The van der Waals surface area contributed by atoms with Gasteiger partial charge in [0.15, 0.2) is 3.95 Å². The molecule has 0 saturated carbocycles. The molecule has 4 rings (SSSR count). The van der Waals surface area contributed by atoms with E-state index in [1.54, 1.807) is 11.6 Å². The number of benzene rings is 2. The third-order valence-electron chi connectivity index (χ3n) is 4.60. The van der Waals surface area contributed by atoms with Crippen molar-refractivity contribution in [2.45, 2.75) is 11.8 Å². The Morgan fingerprint density at radius 3 is 2.62 bits per heavy atom. The van der Waals surface area contributed by atoms with Gasteiger partial charge in [0.1, 0.15) is 16.5 Å². The van der Waals surface area contributed by atoms with Gasteiger partial charge in [-0.2, -0.15) is 0 Å². The molecule has 0 aliphatic rings. The third kappa shape index (κ3) is 5.76. The summed E-state index contributed by atoms with van der Waals surface area (Å²) in [4.78, 5) is 25.4. The number of carbonyl (C=O) groups is 2. The molecule has 0 radical (unpaired) electrons. The molecule has 2 aromatic heterocycles. The van der Waals surface area contributed by atoms with Gasteiger partial charge in [-0.05, 0) is 42.0 Å². The minimum atomic E-state index is -0.369. The molecule has 2 heterocycles. The lowest BCUT2D eigenvalue weighted by molar-refractivity contribution is -0.113. The lowest BCUT2D eigenvalue weighted by Gasteiger charge is -2.09. The van der Waals surface area contributed by atoms with Crippen LogP contribution in [0.2, 0.25) is 0 Å². The maximum atomic E-state index is 13.1. The number of anilines is 1. The second-order valence-electron chi connectivity index (χ2n) is 6.99. The molecule has 2 aromatic carbocycles. The highest BCUT2D eigenvalue weighted by Gasteiger charge is 2.20. The van der Waals surface area contributed by atoms with Crippen LogP contribution in [0.3, 0.4) is 0 Å². The molecule has 2 amide bonds. The van der Waals surface area contributed by atoms with Gasteiger partial charge in [0.2, 0.25) is 11.8 Å². The summed E-state index contributed by atoms with van der Waals surface area (Å²) in [5.74, 6) is -0.874. The van der Waals surface area contributed by atoms with Crippen LogP contribution in [0.25, 0.3) is 11.5 Å². The first-order valence-corrected chi connectivity index (χ1v) is 12.2. The number of hydrogen-bond acceptors (Lipinski definition) is 8. The summed E-state index contributed by atoms with van der Waals surface area (Å²) in [6.45, 7) is 0.346. The van der Waals surface area contributed by atoms with Gasteiger partial charge in [0.05, 0.1) is 5.75 Å². The Bertz CT molecular complexity index is 1370. The predicted octanol–water partition coefficient (Wildman–Crippen LogP) is 4.67. The summed E-state index contributed by atoms with van der Waals surface area (Å²) in [7, 11) is 1.68. The van der Waals surface area contributed by atoms with Crippen molar-refractivity contribution >= 4 is 52.1 Å². The molecule has 34 heavy (non-hydrogen) atoms. The second kappa shape index (κ2) is 10.7. The van der Waals surface area contributed by atoms with E-state index in [1.165, 1.54) is 24.3 Å². The summed E-state index contributed by atoms with van der Waals surface area (Å²) in [6, 6.07) is 15.1. The van der Waals surface area contributed by atoms with Crippen LogP contribution in [-0.4, -0.2) is 32.3 Å². The number of thiazole rings is 1. The van der Waals surface area contributed by atoms with Crippen LogP contribution in [-0.2, 0) is 18.4 Å². The van der Waals surface area contributed by atoms with E-state index in [4.69, 9.17) is 16.6 Å². The molecule has 0 aliphatic carbocycles. The number of rotatable bonds is 8. The number of amides is 2. The number of nitrogens with zero attached hydrogens (tertiary/aromatic N) is 3. The SMILES string of the molecule is Cn1c(C(=O)NCc2ccccc2)c(NC(=O)CSc2nnc(-c3ccc(F)cc3)o2)sc1=S. The van der Waals surface area contributed by atoms with Crippen molar-refractivity contribution in [3.05, 3.63) is 75.6 Å². The fourth-order valence-electron chi connectivity index (χ4n) is 2.92. The number of halogens is 1. The fraction of sp³-hybridized carbons (Fsp3) is 0.136. The highest BCUT2D eigenvalue weighted by Crippen LogP contribution is 2.27. The Hall–Kier alpha value is -3.35. The summed E-state index contributed by atoms with van der Waals surface area (Å²) in [6.07, 6.45) is 0. The molecule has 0 spiro atoms. The second-order valence-corrected chi connectivity index (χ2v) is 9.56. The molecule has 2 N–H and O–H groups in total. The van der Waals surface area contributed by atoms with Crippen molar-refractivity contribution in [3.8, 4) is 11.5 Å². The Labute approximate surface area is 207 Å². The van der Waals surface area contributed by atoms with Crippen molar-refractivity contribution in [3.63, 3.8) is 0 Å². The van der Waals surface area contributed by atoms with E-state index < -0.39 is 0 Å². The van der Waals surface area contributed by atoms with E-state index in [2.05, 4.69) is 20.8 Å². The molecular formula is C22H18FN5O3S3. The van der Waals surface area contributed by atoms with Gasteiger partial charge in [-0.3, -0.25) is 9.59 Å². The van der Waals surface area contributed by atoms with Crippen LogP contribution in [0.4, 0.5) is 9.39 Å². The zero-order valence-electron chi connectivity index (χ0n) is 17.8. The third-order valence-corrected chi connectivity index (χ3v) is 6.89. The van der Waals surface area contributed by atoms with E-state index in [0.29, 0.717) is 21.1 Å². The van der Waals surface area contributed by atoms with Gasteiger partial charge in [-0.1, -0.05) is 53.4 Å². The van der Waals surface area contributed by atoms with Gasteiger partial charge < -0.3 is 19.6 Å². The van der Waals surface area contributed by atoms with Gasteiger partial charge >= 0.3 is 0 Å². The van der Waals surface area contributed by atoms with Crippen LogP contribution >= 0.6 is 35.3 Å². The Balaban J connectivity index is 1.37. The van der Waals surface area contributed by atoms with Gasteiger partial charge in [-0.15, -0.1) is 10.2 Å². The van der Waals surface area contributed by atoms with Crippen molar-refractivity contribution in [2.24, 2.45) is 7.05 Å². The van der Waals surface area contributed by atoms with Crippen LogP contribution in [0.1, 0.15) is 16.1 Å². The monoisotopic (exact) mass is 515 g/mol. The van der Waals surface area contributed by atoms with E-state index >= 15 is 0 Å². The van der Waals surface area contributed by atoms with Gasteiger partial charge in [-0.25, -0.2) is 4.39 Å². The number of nitrogens with one attached hydrogen (secondary N) is 2. The Kier molecular flexibility index (Phi) is 7.50. The minimum Gasteiger partial charge on any atom is -0.411 e. The molecule has 174 valence electrons. The zero-order chi connectivity index (χ0) is 24.1. The van der Waals surface area contributed by atoms with Gasteiger partial charge in [0.25, 0.3) is 11.1 Å². The molecule has 8 nitrogen and oxygen atoms in total. The first kappa shape index (κ1) is 23.8. The first-order chi connectivity index (χ1) is 16.4. The first-order valence-electron chi connectivity index (χ1n) is 9.95. The summed E-state index contributed by atoms with van der Waals surface area (Å²) in [5, 5.41) is 14.0. The van der Waals surface area contributed by atoms with Crippen molar-refractivity contribution in [1.29, 1.82) is 0 Å². The molecule has 0 unspecified atom stereocenters. The molecule has 0 fully saturated rings. The van der Waals surface area contributed by atoms with Crippen molar-refractivity contribution < 1.29 is 18.4 Å². The normalized spacial score (nSPS) is 10.8. The lowest BCUT2D eigenvalue weighted by atomic mass is 10.2. The topological polar surface area (TPSA) is 102 Å². The highest BCUT2D eigenvalue weighted by molar-refractivity contribution is 7.99. The molecule has 0 saturated heterocycles. The van der Waals surface area contributed by atoms with E-state index in [-0.39, 0.29) is 40.2 Å². The van der Waals surface area contributed by atoms with Crippen LogP contribution in [0.5, 0.6) is 0 Å². The smallest absolute Gasteiger partial charge is 0.277 e. The summed E-state index contributed by atoms with van der Waals surface area (Å²) < 4.78 is 20.6. The molecule has 0 aliphatic heterocycles. The number of hydrogen-bond donors (Lipinski definition) is 2. The maximum Gasteiger partial charge on any atom is 0.277 e.